The van der Waals surface area contributed by atoms with E-state index in [1.807, 2.05) is 43.3 Å². The Morgan fingerprint density at radius 3 is 2.75 bits per heavy atom. The Bertz CT molecular complexity index is 442. The molecule has 0 radical (unpaired) electrons. The molecule has 84 valence electrons. The number of thiocarbonyl (C=S) groups is 1. The van der Waals surface area contributed by atoms with Crippen LogP contribution in [0.2, 0.25) is 0 Å². The van der Waals surface area contributed by atoms with Gasteiger partial charge in [0.1, 0.15) is 4.32 Å². The van der Waals surface area contributed by atoms with Crippen molar-refractivity contribution in [3.63, 3.8) is 0 Å². The van der Waals surface area contributed by atoms with E-state index in [9.17, 15) is 4.79 Å². The van der Waals surface area contributed by atoms with Gasteiger partial charge >= 0.3 is 0 Å². The maximum Gasteiger partial charge on any atom is 0.176 e. The second-order valence-electron chi connectivity index (χ2n) is 3.99. The van der Waals surface area contributed by atoms with E-state index in [-0.39, 0.29) is 11.0 Å². The fourth-order valence-electron chi connectivity index (χ4n) is 1.73. The van der Waals surface area contributed by atoms with Crippen molar-refractivity contribution >= 4 is 34.1 Å². The Labute approximate surface area is 105 Å². The highest BCUT2D eigenvalue weighted by Crippen LogP contribution is 2.31. The SMILES string of the molecule is CN(C)C(=S)SC1Cc2ccccc2C1=O. The molecular formula is C12H13NOS2. The topological polar surface area (TPSA) is 20.3 Å². The number of carbonyl (C=O) groups is 1. The number of rotatable bonds is 1. The molecular weight excluding hydrogens is 238 g/mol. The lowest BCUT2D eigenvalue weighted by Crippen LogP contribution is -2.22. The first-order valence-electron chi connectivity index (χ1n) is 5.09. The summed E-state index contributed by atoms with van der Waals surface area (Å²) in [4.78, 5) is 13.9. The molecule has 1 aromatic carbocycles. The van der Waals surface area contributed by atoms with Gasteiger partial charge in [-0.1, -0.05) is 48.2 Å². The van der Waals surface area contributed by atoms with E-state index in [2.05, 4.69) is 0 Å². The molecule has 0 bridgehead atoms. The van der Waals surface area contributed by atoms with Crippen LogP contribution in [0.4, 0.5) is 0 Å². The fourth-order valence-corrected chi connectivity index (χ4v) is 3.03. The van der Waals surface area contributed by atoms with E-state index in [4.69, 9.17) is 12.2 Å². The van der Waals surface area contributed by atoms with Gasteiger partial charge in [-0.05, 0) is 12.0 Å². The highest BCUT2D eigenvalue weighted by Gasteiger charge is 2.31. The summed E-state index contributed by atoms with van der Waals surface area (Å²) in [6, 6.07) is 7.81. The molecule has 0 fully saturated rings. The number of nitrogens with zero attached hydrogens (tertiary/aromatic N) is 1. The van der Waals surface area contributed by atoms with Gasteiger partial charge in [0.25, 0.3) is 0 Å². The van der Waals surface area contributed by atoms with E-state index >= 15 is 0 Å². The van der Waals surface area contributed by atoms with Crippen molar-refractivity contribution in [2.75, 3.05) is 14.1 Å². The Hall–Kier alpha value is -0.870. The number of hydrogen-bond acceptors (Lipinski definition) is 3. The third-order valence-electron chi connectivity index (χ3n) is 2.59. The summed E-state index contributed by atoms with van der Waals surface area (Å²) >= 11 is 6.70. The second-order valence-corrected chi connectivity index (χ2v) is 5.83. The first-order valence-corrected chi connectivity index (χ1v) is 6.38. The standard InChI is InChI=1S/C12H13NOS2/c1-13(2)12(15)16-10-7-8-5-3-4-6-9(8)11(10)14/h3-6,10H,7H2,1-2H3. The molecule has 1 aliphatic rings. The Morgan fingerprint density at radius 2 is 2.12 bits per heavy atom. The number of benzene rings is 1. The van der Waals surface area contributed by atoms with Gasteiger partial charge in [0.15, 0.2) is 5.78 Å². The Morgan fingerprint density at radius 1 is 1.44 bits per heavy atom. The number of fused-ring (bicyclic) bond motifs is 1. The molecule has 0 heterocycles. The van der Waals surface area contributed by atoms with Gasteiger partial charge < -0.3 is 4.90 Å². The highest BCUT2D eigenvalue weighted by atomic mass is 32.2. The third kappa shape index (κ3) is 2.13. The molecule has 0 saturated carbocycles. The largest absolute Gasteiger partial charge is 0.364 e. The number of hydrogen-bond donors (Lipinski definition) is 0. The van der Waals surface area contributed by atoms with Gasteiger partial charge in [-0.25, -0.2) is 0 Å². The molecule has 0 spiro atoms. The molecule has 4 heteroatoms. The molecule has 1 atom stereocenters. The predicted octanol–water partition coefficient (Wildman–Crippen LogP) is 2.37. The van der Waals surface area contributed by atoms with Crippen molar-refractivity contribution in [3.05, 3.63) is 35.4 Å². The summed E-state index contributed by atoms with van der Waals surface area (Å²) in [5.74, 6) is 0.213. The number of Topliss-reactive ketones (excluding diaryl/α,β-unsaturated/α-hetero) is 1. The smallest absolute Gasteiger partial charge is 0.176 e. The van der Waals surface area contributed by atoms with Crippen LogP contribution in [-0.2, 0) is 6.42 Å². The maximum absolute atomic E-state index is 12.1. The maximum atomic E-state index is 12.1. The molecule has 0 amide bonds. The number of carbonyl (C=O) groups excluding carboxylic acids is 1. The average Bonchev–Trinajstić information content (AvgIpc) is 2.56. The Balaban J connectivity index is 2.13. The molecule has 16 heavy (non-hydrogen) atoms. The minimum Gasteiger partial charge on any atom is -0.364 e. The van der Waals surface area contributed by atoms with E-state index in [0.29, 0.717) is 0 Å². The monoisotopic (exact) mass is 251 g/mol. The first kappa shape index (κ1) is 11.6. The fraction of sp³-hybridized carbons (Fsp3) is 0.333. The van der Waals surface area contributed by atoms with E-state index < -0.39 is 0 Å². The predicted molar refractivity (Wildman–Crippen MR) is 72.1 cm³/mol. The minimum atomic E-state index is -0.0349. The van der Waals surface area contributed by atoms with Crippen LogP contribution in [0.15, 0.2) is 24.3 Å². The third-order valence-corrected chi connectivity index (χ3v) is 4.47. The molecule has 1 aromatic rings. The van der Waals surface area contributed by atoms with E-state index in [1.165, 1.54) is 11.8 Å². The zero-order valence-corrected chi connectivity index (χ0v) is 10.9. The van der Waals surface area contributed by atoms with Crippen LogP contribution in [0.5, 0.6) is 0 Å². The lowest BCUT2D eigenvalue weighted by molar-refractivity contribution is 0.100. The van der Waals surface area contributed by atoms with Crippen LogP contribution >= 0.6 is 24.0 Å². The number of ketones is 1. The molecule has 0 N–H and O–H groups in total. The van der Waals surface area contributed by atoms with Crippen LogP contribution in [0, 0.1) is 0 Å². The van der Waals surface area contributed by atoms with Gasteiger partial charge in [0.05, 0.1) is 5.25 Å². The zero-order chi connectivity index (χ0) is 11.7. The number of thioether (sulfide) groups is 1. The lowest BCUT2D eigenvalue weighted by Gasteiger charge is -2.15. The van der Waals surface area contributed by atoms with Gasteiger partial charge in [-0.3, -0.25) is 4.79 Å². The minimum absolute atomic E-state index is 0.0349. The summed E-state index contributed by atoms with van der Waals surface area (Å²) in [5, 5.41) is -0.0349. The van der Waals surface area contributed by atoms with Gasteiger partial charge in [-0.15, -0.1) is 0 Å². The van der Waals surface area contributed by atoms with Crippen LogP contribution in [0.3, 0.4) is 0 Å². The van der Waals surface area contributed by atoms with Crippen LogP contribution < -0.4 is 0 Å². The summed E-state index contributed by atoms with van der Waals surface area (Å²) in [6.45, 7) is 0. The van der Waals surface area contributed by atoms with Gasteiger partial charge in [0, 0.05) is 19.7 Å². The van der Waals surface area contributed by atoms with Crippen molar-refractivity contribution < 1.29 is 4.79 Å². The molecule has 1 aliphatic carbocycles. The van der Waals surface area contributed by atoms with Crippen molar-refractivity contribution in [3.8, 4) is 0 Å². The van der Waals surface area contributed by atoms with Crippen molar-refractivity contribution in [2.24, 2.45) is 0 Å². The summed E-state index contributed by atoms with van der Waals surface area (Å²) in [6.07, 6.45) is 0.799. The van der Waals surface area contributed by atoms with Crippen LogP contribution in [0.1, 0.15) is 15.9 Å². The van der Waals surface area contributed by atoms with Crippen LogP contribution in [0.25, 0.3) is 0 Å². The zero-order valence-electron chi connectivity index (χ0n) is 9.27. The van der Waals surface area contributed by atoms with Gasteiger partial charge in [0.2, 0.25) is 0 Å². The second kappa shape index (κ2) is 4.55. The molecule has 0 saturated heterocycles. The van der Waals surface area contributed by atoms with Gasteiger partial charge in [-0.2, -0.15) is 0 Å². The quantitative estimate of drug-likeness (QED) is 0.714. The van der Waals surface area contributed by atoms with Crippen molar-refractivity contribution in [2.45, 2.75) is 11.7 Å². The highest BCUT2D eigenvalue weighted by molar-refractivity contribution is 8.23. The normalized spacial score (nSPS) is 18.4. The van der Waals surface area contributed by atoms with E-state index in [1.54, 1.807) is 0 Å². The molecule has 0 aliphatic heterocycles. The molecule has 2 rings (SSSR count). The van der Waals surface area contributed by atoms with E-state index in [0.717, 1.165) is 21.9 Å². The molecule has 1 unspecified atom stereocenters. The molecule has 0 aromatic heterocycles. The first-order chi connectivity index (χ1) is 7.59. The van der Waals surface area contributed by atoms with Crippen molar-refractivity contribution in [1.29, 1.82) is 0 Å². The average molecular weight is 251 g/mol. The summed E-state index contributed by atoms with van der Waals surface area (Å²) < 4.78 is 0.770. The molecule has 2 nitrogen and oxygen atoms in total. The lowest BCUT2D eigenvalue weighted by atomic mass is 10.1. The Kier molecular flexibility index (Phi) is 3.30. The van der Waals surface area contributed by atoms with Crippen LogP contribution in [-0.4, -0.2) is 34.3 Å². The van der Waals surface area contributed by atoms with Crippen molar-refractivity contribution in [1.82, 2.24) is 4.90 Å². The summed E-state index contributed by atoms with van der Waals surface area (Å²) in [7, 11) is 3.81. The summed E-state index contributed by atoms with van der Waals surface area (Å²) in [5.41, 5.74) is 2.01.